The number of nitrogens with zero attached hydrogens (tertiary/aromatic N) is 3. The molecule has 163 valence electrons. The third-order valence-electron chi connectivity index (χ3n) is 3.62. The zero-order chi connectivity index (χ0) is 20.7. The van der Waals surface area contributed by atoms with Crippen LogP contribution in [0, 0.1) is 7.43 Å². The molecule has 0 aliphatic heterocycles. The Hall–Kier alpha value is -1.31. The first-order valence-corrected chi connectivity index (χ1v) is 16.6. The van der Waals surface area contributed by atoms with E-state index in [1.807, 2.05) is 63.6 Å². The molecule has 3 aromatic carbocycles. The van der Waals surface area contributed by atoms with Gasteiger partial charge in [0.05, 0.1) is 5.69 Å². The zero-order valence-corrected chi connectivity index (χ0v) is 24.7. The summed E-state index contributed by atoms with van der Waals surface area (Å²) in [5, 5.41) is 8.06. The van der Waals surface area contributed by atoms with E-state index in [0.29, 0.717) is 5.82 Å². The van der Waals surface area contributed by atoms with Gasteiger partial charge in [0.25, 0.3) is 0 Å². The average Bonchev–Trinajstić information content (AvgIpc) is 2.82. The van der Waals surface area contributed by atoms with Gasteiger partial charge in [-0.3, -0.25) is 0 Å². The van der Waals surface area contributed by atoms with Gasteiger partial charge in [0.1, 0.15) is 0 Å². The van der Waals surface area contributed by atoms with Crippen LogP contribution in [0.5, 0.6) is 0 Å². The Kier molecular flexibility index (Phi) is 17.5. The van der Waals surface area contributed by atoms with Crippen molar-refractivity contribution in [2.75, 3.05) is 0 Å². The fraction of sp³-hybridized carbons (Fsp3) is 0. The average molecular weight is 782 g/mol. The molecule has 7 heteroatoms. The van der Waals surface area contributed by atoms with E-state index in [4.69, 9.17) is 0 Å². The maximum atomic E-state index is 4.09. The van der Waals surface area contributed by atoms with E-state index in [1.54, 1.807) is 12.3 Å². The van der Waals surface area contributed by atoms with Crippen molar-refractivity contribution >= 4 is 57.0 Å². The van der Waals surface area contributed by atoms with Crippen LogP contribution in [0.3, 0.4) is 0 Å². The molecule has 0 saturated carbocycles. The molecular formula is C24H24BrIN3OsP-. The van der Waals surface area contributed by atoms with Crippen LogP contribution in [0.4, 0.5) is 11.5 Å². The summed E-state index contributed by atoms with van der Waals surface area (Å²) in [5.41, 5.74) is 3.37. The first-order valence-electron chi connectivity index (χ1n) is 8.63. The van der Waals surface area contributed by atoms with E-state index in [1.165, 1.54) is 11.1 Å². The van der Waals surface area contributed by atoms with Crippen LogP contribution >= 0.6 is 45.5 Å². The number of hydrogen-bond acceptors (Lipinski definition) is 3. The van der Waals surface area contributed by atoms with E-state index in [-0.39, 0.29) is 17.3 Å². The summed E-state index contributed by atoms with van der Waals surface area (Å²) in [7, 11) is 0. The molecule has 4 rings (SSSR count). The van der Waals surface area contributed by atoms with Crippen molar-refractivity contribution in [1.29, 1.82) is 0 Å². The largest absolute Gasteiger partial charge is 0.0622 e. The van der Waals surface area contributed by atoms with Gasteiger partial charge in [-0.2, -0.15) is 9.90 Å². The third-order valence-corrected chi connectivity index (χ3v) is 4.09. The molecule has 0 amide bonds. The Morgan fingerprint density at radius 1 is 0.645 bits per heavy atom. The predicted molar refractivity (Wildman–Crippen MR) is 146 cm³/mol. The number of pyridine rings is 1. The van der Waals surface area contributed by atoms with Crippen molar-refractivity contribution in [2.45, 2.75) is 0 Å². The van der Waals surface area contributed by atoms with Gasteiger partial charge in [0, 0.05) is 10.7 Å². The van der Waals surface area contributed by atoms with Crippen LogP contribution in [-0.2, 0) is 15.1 Å². The van der Waals surface area contributed by atoms with E-state index in [0.717, 1.165) is 10.2 Å². The first-order chi connectivity index (χ1) is 14.3. The summed E-state index contributed by atoms with van der Waals surface area (Å²) in [4.78, 5) is 4.09. The van der Waals surface area contributed by atoms with Gasteiger partial charge < -0.3 is 7.43 Å². The predicted octanol–water partition coefficient (Wildman–Crippen LogP) is 9.00. The quantitative estimate of drug-likeness (QED) is 0.0886. The van der Waals surface area contributed by atoms with Crippen molar-refractivity contribution in [1.82, 2.24) is 4.98 Å². The van der Waals surface area contributed by atoms with Gasteiger partial charge >= 0.3 is 34.7 Å². The van der Waals surface area contributed by atoms with Crippen LogP contribution in [-0.4, -0.2) is 4.98 Å². The number of aromatic nitrogens is 1. The monoisotopic (exact) mass is 783 g/mol. The topological polar surface area (TPSA) is 37.6 Å². The Balaban J connectivity index is 0.000000516. The normalized spacial score (nSPS) is 9.13. The van der Waals surface area contributed by atoms with Crippen molar-refractivity contribution in [3.8, 4) is 11.1 Å². The van der Waals surface area contributed by atoms with E-state index in [2.05, 4.69) is 99.3 Å². The van der Waals surface area contributed by atoms with Crippen LogP contribution in [0.25, 0.3) is 11.1 Å². The molecule has 1 unspecified atom stereocenters. The van der Waals surface area contributed by atoms with Gasteiger partial charge in [0.15, 0.2) is 5.82 Å². The summed E-state index contributed by atoms with van der Waals surface area (Å²) < 4.78 is 0.932. The van der Waals surface area contributed by atoms with Crippen LogP contribution in [0.2, 0.25) is 0 Å². The third kappa shape index (κ3) is 11.8. The molecule has 0 N–H and O–H groups in total. The van der Waals surface area contributed by atoms with Crippen molar-refractivity contribution in [3.05, 3.63) is 121 Å². The SMILES string of the molecule is Brc1ccc(N=Nc2ccccc2)nc1.P.[CH3-].[I][Os].c1ccc(-c2ccccc2)cc1. The molecule has 4 aromatic rings. The van der Waals surface area contributed by atoms with Gasteiger partial charge in [-0.1, -0.05) is 78.9 Å². The van der Waals surface area contributed by atoms with Crippen LogP contribution in [0.1, 0.15) is 0 Å². The number of rotatable bonds is 3. The minimum atomic E-state index is 0. The molecule has 1 atom stereocenters. The van der Waals surface area contributed by atoms with E-state index < -0.39 is 0 Å². The molecule has 0 fully saturated rings. The summed E-state index contributed by atoms with van der Waals surface area (Å²) in [6.45, 7) is 0. The van der Waals surface area contributed by atoms with Gasteiger partial charge in [-0.05, 0) is 51.3 Å². The Labute approximate surface area is 218 Å². The summed E-state index contributed by atoms with van der Waals surface area (Å²) in [5.74, 6) is 0.599. The standard InChI is InChI=1S/C12H10.C11H8BrN3.CH3.HI.Os.H3P/c1-3-7-11(8-4-1)12-9-5-2-6-10-12;12-9-6-7-11(13-8-9)15-14-10-4-2-1-3-5-10;;;;/h1-10H;1-8H;1H3;1H;;1H3/q;;-1;;+1;/p-1. The number of hydrogen-bond donors (Lipinski definition) is 0. The second kappa shape index (κ2) is 18.3. The summed E-state index contributed by atoms with van der Waals surface area (Å²) >= 11 is 7.32. The molecule has 0 saturated heterocycles. The molecule has 1 heterocycles. The Morgan fingerprint density at radius 2 is 1.10 bits per heavy atom. The summed E-state index contributed by atoms with van der Waals surface area (Å²) in [6, 6.07) is 34.0. The minimum absolute atomic E-state index is 0. The molecule has 3 nitrogen and oxygen atoms in total. The maximum absolute atomic E-state index is 4.09. The molecule has 31 heavy (non-hydrogen) atoms. The molecule has 0 aliphatic rings. The Bertz CT molecular complexity index is 936. The Morgan fingerprint density at radius 3 is 1.52 bits per heavy atom. The van der Waals surface area contributed by atoms with E-state index >= 15 is 0 Å². The fourth-order valence-corrected chi connectivity index (χ4v) is 2.53. The smallest absolute Gasteiger partial charge is 0.0184 e. The fourth-order valence-electron chi connectivity index (χ4n) is 2.29. The molecule has 1 aromatic heterocycles. The maximum Gasteiger partial charge on any atom is -0.0184 e. The van der Waals surface area contributed by atoms with Crippen LogP contribution < -0.4 is 0 Å². The molecule has 0 aliphatic carbocycles. The van der Waals surface area contributed by atoms with Crippen molar-refractivity contribution in [2.24, 2.45) is 10.2 Å². The number of azo groups is 1. The van der Waals surface area contributed by atoms with Crippen molar-refractivity contribution in [3.63, 3.8) is 0 Å². The van der Waals surface area contributed by atoms with Gasteiger partial charge in [-0.15, -0.1) is 10.2 Å². The molecule has 0 bridgehead atoms. The zero-order valence-electron chi connectivity index (χ0n) is 17.1. The molecule has 0 spiro atoms. The number of benzene rings is 3. The van der Waals surface area contributed by atoms with Crippen molar-refractivity contribution < 1.29 is 15.1 Å². The second-order valence-corrected chi connectivity index (χ2v) is 6.52. The minimum Gasteiger partial charge on any atom is -0.0622 e. The number of halogens is 2. The van der Waals surface area contributed by atoms with Gasteiger partial charge in [0.2, 0.25) is 0 Å². The molecular weight excluding hydrogens is 758 g/mol. The second-order valence-electron chi connectivity index (χ2n) is 5.60. The molecule has 0 radical (unpaired) electrons. The first kappa shape index (κ1) is 29.7. The summed E-state index contributed by atoms with van der Waals surface area (Å²) in [6.07, 6.45) is 1.69. The van der Waals surface area contributed by atoms with Crippen LogP contribution in [0.15, 0.2) is 124 Å². The van der Waals surface area contributed by atoms with Gasteiger partial charge in [-0.25, -0.2) is 4.98 Å². The van der Waals surface area contributed by atoms with E-state index in [9.17, 15) is 0 Å².